The van der Waals surface area contributed by atoms with Gasteiger partial charge in [-0.25, -0.2) is 5.43 Å². The van der Waals surface area contributed by atoms with Crippen LogP contribution in [0.25, 0.3) is 11.1 Å². The molecule has 0 aromatic heterocycles. The lowest BCUT2D eigenvalue weighted by atomic mass is 10.0. The van der Waals surface area contributed by atoms with Gasteiger partial charge in [0.05, 0.1) is 12.8 Å². The Labute approximate surface area is 148 Å². The monoisotopic (exact) mass is 337 g/mol. The highest BCUT2D eigenvalue weighted by Gasteiger charge is 2.05. The van der Waals surface area contributed by atoms with Crippen LogP contribution >= 0.6 is 0 Å². The number of carbonyl (C=O) groups excluding carboxylic acids is 2. The van der Waals surface area contributed by atoms with Crippen molar-refractivity contribution in [3.8, 4) is 11.1 Å². The molecule has 0 aliphatic heterocycles. The van der Waals surface area contributed by atoms with E-state index in [4.69, 9.17) is 0 Å². The quantitative estimate of drug-likeness (QED) is 0.602. The number of nitrogens with one attached hydrogen (secondary N) is 2. The van der Waals surface area contributed by atoms with Gasteiger partial charge in [0, 0.05) is 12.3 Å². The molecule has 5 nitrogen and oxygen atoms in total. The minimum atomic E-state index is -0.206. The molecule has 2 rings (SSSR count). The highest BCUT2D eigenvalue weighted by Crippen LogP contribution is 2.19. The first-order valence-corrected chi connectivity index (χ1v) is 8.31. The molecule has 0 saturated heterocycles. The van der Waals surface area contributed by atoms with Crippen molar-refractivity contribution in [2.24, 2.45) is 5.10 Å². The number of hydrogen-bond donors (Lipinski definition) is 2. The lowest BCUT2D eigenvalue weighted by molar-refractivity contribution is -0.121. The maximum absolute atomic E-state index is 12.0. The molecule has 2 amide bonds. The average molecular weight is 337 g/mol. The molecule has 2 aromatic rings. The molecule has 0 fully saturated rings. The van der Waals surface area contributed by atoms with Crippen molar-refractivity contribution in [3.05, 3.63) is 60.2 Å². The van der Waals surface area contributed by atoms with Crippen molar-refractivity contribution in [2.45, 2.75) is 26.7 Å². The van der Waals surface area contributed by atoms with Gasteiger partial charge >= 0.3 is 0 Å². The maximum Gasteiger partial charge on any atom is 0.244 e. The fourth-order valence-electron chi connectivity index (χ4n) is 2.36. The van der Waals surface area contributed by atoms with E-state index in [9.17, 15) is 9.59 Å². The van der Waals surface area contributed by atoms with Crippen LogP contribution in [0.2, 0.25) is 0 Å². The van der Waals surface area contributed by atoms with Crippen LogP contribution in [0.15, 0.2) is 59.7 Å². The molecule has 0 spiro atoms. The highest BCUT2D eigenvalue weighted by molar-refractivity contribution is 6.00. The summed E-state index contributed by atoms with van der Waals surface area (Å²) < 4.78 is 0. The van der Waals surface area contributed by atoms with Gasteiger partial charge in [0.2, 0.25) is 11.8 Å². The van der Waals surface area contributed by atoms with E-state index in [0.717, 1.165) is 16.7 Å². The van der Waals surface area contributed by atoms with Gasteiger partial charge in [0.1, 0.15) is 0 Å². The number of nitrogens with zero attached hydrogens (tertiary/aromatic N) is 1. The summed E-state index contributed by atoms with van der Waals surface area (Å²) in [5, 5.41) is 6.65. The molecule has 0 unspecified atom stereocenters. The molecule has 0 heterocycles. The summed E-state index contributed by atoms with van der Waals surface area (Å²) in [4.78, 5) is 23.4. The number of hydrogen-bond acceptors (Lipinski definition) is 3. The molecule has 2 N–H and O–H groups in total. The summed E-state index contributed by atoms with van der Waals surface area (Å²) in [7, 11) is 0. The molecule has 130 valence electrons. The van der Waals surface area contributed by atoms with Gasteiger partial charge in [0.15, 0.2) is 0 Å². The van der Waals surface area contributed by atoms with Gasteiger partial charge < -0.3 is 5.32 Å². The summed E-state index contributed by atoms with van der Waals surface area (Å²) in [6.45, 7) is 4.15. The fourth-order valence-corrected chi connectivity index (χ4v) is 2.36. The predicted molar refractivity (Wildman–Crippen MR) is 100 cm³/mol. The number of amides is 2. The Hall–Kier alpha value is -2.95. The standard InChI is InChI=1S/C20H23N3O2/c1-3-21-19(24)13-15(2)22-23-20(25)14-16-9-11-18(12-10-16)17-7-5-4-6-8-17/h4-12H,3,13-14H2,1-2H3,(H,21,24)(H,23,25). The van der Waals surface area contributed by atoms with Crippen LogP contribution in [0.3, 0.4) is 0 Å². The zero-order valence-electron chi connectivity index (χ0n) is 14.6. The number of hydrazone groups is 1. The average Bonchev–Trinajstić information content (AvgIpc) is 2.61. The molecular formula is C20H23N3O2. The van der Waals surface area contributed by atoms with Gasteiger partial charge in [0.25, 0.3) is 0 Å². The van der Waals surface area contributed by atoms with Crippen LogP contribution in [0.1, 0.15) is 25.8 Å². The molecule has 0 atom stereocenters. The molecule has 5 heteroatoms. The van der Waals surface area contributed by atoms with E-state index in [-0.39, 0.29) is 24.7 Å². The Kier molecular flexibility index (Phi) is 6.89. The van der Waals surface area contributed by atoms with Gasteiger partial charge in [-0.15, -0.1) is 0 Å². The Morgan fingerprint density at radius 2 is 1.56 bits per heavy atom. The van der Waals surface area contributed by atoms with E-state index in [1.807, 2.05) is 61.5 Å². The first-order chi connectivity index (χ1) is 12.1. The molecule has 0 bridgehead atoms. The summed E-state index contributed by atoms with van der Waals surface area (Å²) in [5.74, 6) is -0.308. The zero-order valence-corrected chi connectivity index (χ0v) is 14.6. The number of benzene rings is 2. The van der Waals surface area contributed by atoms with Crippen molar-refractivity contribution in [3.63, 3.8) is 0 Å². The smallest absolute Gasteiger partial charge is 0.244 e. The number of carbonyl (C=O) groups is 2. The molecule has 2 aromatic carbocycles. The second-order valence-electron chi connectivity index (χ2n) is 5.75. The van der Waals surface area contributed by atoms with E-state index in [1.54, 1.807) is 6.92 Å². The van der Waals surface area contributed by atoms with Gasteiger partial charge in [-0.3, -0.25) is 9.59 Å². The van der Waals surface area contributed by atoms with Crippen LogP contribution in [-0.2, 0) is 16.0 Å². The molecule has 0 aliphatic carbocycles. The zero-order chi connectivity index (χ0) is 18.1. The SMILES string of the molecule is CCNC(=O)CC(C)=NNC(=O)Cc1ccc(-c2ccccc2)cc1. The van der Waals surface area contributed by atoms with Gasteiger partial charge in [-0.1, -0.05) is 54.6 Å². The van der Waals surface area contributed by atoms with Crippen LogP contribution in [0, 0.1) is 0 Å². The predicted octanol–water partition coefficient (Wildman–Crippen LogP) is 2.91. The van der Waals surface area contributed by atoms with Crippen molar-refractivity contribution in [1.82, 2.24) is 10.7 Å². The van der Waals surface area contributed by atoms with Crippen LogP contribution < -0.4 is 10.7 Å². The Bertz CT molecular complexity index is 737. The lowest BCUT2D eigenvalue weighted by Gasteiger charge is -2.05. The Morgan fingerprint density at radius 3 is 2.20 bits per heavy atom. The molecule has 0 aliphatic rings. The second kappa shape index (κ2) is 9.37. The molecule has 25 heavy (non-hydrogen) atoms. The van der Waals surface area contributed by atoms with E-state index < -0.39 is 0 Å². The summed E-state index contributed by atoms with van der Waals surface area (Å²) in [6, 6.07) is 18.0. The summed E-state index contributed by atoms with van der Waals surface area (Å²) in [6.07, 6.45) is 0.424. The van der Waals surface area contributed by atoms with Crippen molar-refractivity contribution < 1.29 is 9.59 Å². The van der Waals surface area contributed by atoms with Gasteiger partial charge in [-0.2, -0.15) is 5.10 Å². The molecule has 0 radical (unpaired) electrons. The highest BCUT2D eigenvalue weighted by atomic mass is 16.2. The minimum absolute atomic E-state index is 0.102. The third-order valence-corrected chi connectivity index (χ3v) is 3.59. The van der Waals surface area contributed by atoms with E-state index in [2.05, 4.69) is 15.8 Å². The molecular weight excluding hydrogens is 314 g/mol. The maximum atomic E-state index is 12.0. The molecule has 0 saturated carbocycles. The first kappa shape index (κ1) is 18.4. The minimum Gasteiger partial charge on any atom is -0.356 e. The van der Waals surface area contributed by atoms with Crippen LogP contribution in [-0.4, -0.2) is 24.1 Å². The van der Waals surface area contributed by atoms with Crippen LogP contribution in [0.5, 0.6) is 0 Å². The normalized spacial score (nSPS) is 11.0. The largest absolute Gasteiger partial charge is 0.356 e. The Morgan fingerprint density at radius 1 is 0.920 bits per heavy atom. The summed E-state index contributed by atoms with van der Waals surface area (Å²) in [5.41, 5.74) is 6.23. The van der Waals surface area contributed by atoms with Crippen molar-refractivity contribution >= 4 is 17.5 Å². The summed E-state index contributed by atoms with van der Waals surface area (Å²) >= 11 is 0. The van der Waals surface area contributed by atoms with Crippen molar-refractivity contribution in [1.29, 1.82) is 0 Å². The van der Waals surface area contributed by atoms with E-state index in [1.165, 1.54) is 0 Å². The second-order valence-corrected chi connectivity index (χ2v) is 5.75. The third kappa shape index (κ3) is 6.22. The van der Waals surface area contributed by atoms with Gasteiger partial charge in [-0.05, 0) is 30.5 Å². The number of rotatable bonds is 7. The third-order valence-electron chi connectivity index (χ3n) is 3.59. The fraction of sp³-hybridized carbons (Fsp3) is 0.250. The van der Waals surface area contributed by atoms with E-state index in [0.29, 0.717) is 12.3 Å². The lowest BCUT2D eigenvalue weighted by Crippen LogP contribution is -2.26. The van der Waals surface area contributed by atoms with Crippen molar-refractivity contribution in [2.75, 3.05) is 6.54 Å². The van der Waals surface area contributed by atoms with Crippen LogP contribution in [0.4, 0.5) is 0 Å². The topological polar surface area (TPSA) is 70.6 Å². The van der Waals surface area contributed by atoms with E-state index >= 15 is 0 Å². The Balaban J connectivity index is 1.87. The first-order valence-electron chi connectivity index (χ1n) is 8.31.